The molecule has 4 N–H and O–H groups in total. The van der Waals surface area contributed by atoms with Gasteiger partial charge in [-0.15, -0.1) is 0 Å². The quantitative estimate of drug-likeness (QED) is 0.592. The van der Waals surface area contributed by atoms with E-state index >= 15 is 0 Å². The van der Waals surface area contributed by atoms with Gasteiger partial charge in [-0.25, -0.2) is 0 Å². The maximum Gasteiger partial charge on any atom is 0.255 e. The Morgan fingerprint density at radius 1 is 1.03 bits per heavy atom. The maximum absolute atomic E-state index is 12.5. The van der Waals surface area contributed by atoms with Crippen molar-refractivity contribution in [2.75, 3.05) is 13.1 Å². The second-order valence-corrected chi connectivity index (χ2v) is 7.64. The molecule has 2 fully saturated rings. The van der Waals surface area contributed by atoms with Gasteiger partial charge < -0.3 is 16.4 Å². The molecule has 1 unspecified atom stereocenters. The highest BCUT2D eigenvalue weighted by atomic mass is 16.2. The van der Waals surface area contributed by atoms with Crippen LogP contribution in [0.5, 0.6) is 0 Å². The van der Waals surface area contributed by atoms with Crippen LogP contribution in [0.25, 0.3) is 0 Å². The number of hydrogen-bond donors (Lipinski definition) is 3. The zero-order valence-corrected chi connectivity index (χ0v) is 16.8. The van der Waals surface area contributed by atoms with E-state index in [0.29, 0.717) is 41.1 Å². The highest BCUT2D eigenvalue weighted by Crippen LogP contribution is 2.30. The number of hydrogen-bond acceptors (Lipinski definition) is 4. The highest BCUT2D eigenvalue weighted by Gasteiger charge is 2.35. The van der Waals surface area contributed by atoms with Crippen LogP contribution in [-0.2, 0) is 0 Å². The van der Waals surface area contributed by atoms with E-state index in [2.05, 4.69) is 28.7 Å². The Morgan fingerprint density at radius 3 is 2.17 bits per heavy atom. The van der Waals surface area contributed by atoms with Gasteiger partial charge in [-0.2, -0.15) is 0 Å². The number of amides is 2. The third-order valence-corrected chi connectivity index (χ3v) is 5.87. The first-order valence-corrected chi connectivity index (χ1v) is 10.2. The molecule has 0 aromatic heterocycles. The number of nitrogens with zero attached hydrogens (tertiary/aromatic N) is 1. The van der Waals surface area contributed by atoms with Crippen LogP contribution in [0.4, 0.5) is 0 Å². The minimum absolute atomic E-state index is 0.113. The average molecular weight is 395 g/mol. The minimum atomic E-state index is -0.321. The van der Waals surface area contributed by atoms with Crippen LogP contribution in [-0.4, -0.2) is 41.9 Å². The lowest BCUT2D eigenvalue weighted by Gasteiger charge is -2.45. The standard InChI is InChI=1S/C23H30N4O2/c1-3-20(24)21(4-2)26-23(29)17-11-9-16(10-12-17)22(28)25-15-19-13-14-27(19)18-7-5-6-8-18/h3-4,9-12,18-19H,1-2,5-8,13-15,24H2,(H,25,28)(H,26,29)/b21-20-. The number of nitrogens with one attached hydrogen (secondary N) is 2. The van der Waals surface area contributed by atoms with Crippen LogP contribution in [0.1, 0.15) is 52.8 Å². The second kappa shape index (κ2) is 9.56. The summed E-state index contributed by atoms with van der Waals surface area (Å²) in [5.74, 6) is -0.434. The summed E-state index contributed by atoms with van der Waals surface area (Å²) in [6.45, 7) is 9.03. The molecule has 6 nitrogen and oxygen atoms in total. The van der Waals surface area contributed by atoms with Crippen LogP contribution >= 0.6 is 0 Å². The minimum Gasteiger partial charge on any atom is -0.397 e. The van der Waals surface area contributed by atoms with Gasteiger partial charge in [-0.1, -0.05) is 26.0 Å². The molecule has 1 aliphatic carbocycles. The number of benzene rings is 1. The molecule has 0 spiro atoms. The lowest BCUT2D eigenvalue weighted by molar-refractivity contribution is 0.0425. The predicted molar refractivity (Wildman–Crippen MR) is 115 cm³/mol. The zero-order valence-electron chi connectivity index (χ0n) is 16.8. The van der Waals surface area contributed by atoms with Gasteiger partial charge in [-0.3, -0.25) is 14.5 Å². The van der Waals surface area contributed by atoms with Gasteiger partial charge in [-0.05, 0) is 55.7 Å². The maximum atomic E-state index is 12.5. The Labute approximate surface area is 172 Å². The predicted octanol–water partition coefficient (Wildman–Crippen LogP) is 2.71. The van der Waals surface area contributed by atoms with Crippen molar-refractivity contribution in [1.82, 2.24) is 15.5 Å². The van der Waals surface area contributed by atoms with Crippen molar-refractivity contribution < 1.29 is 9.59 Å². The van der Waals surface area contributed by atoms with Gasteiger partial charge in [0.2, 0.25) is 0 Å². The van der Waals surface area contributed by atoms with E-state index < -0.39 is 0 Å². The molecule has 2 amide bonds. The van der Waals surface area contributed by atoms with E-state index in [1.165, 1.54) is 37.8 Å². The second-order valence-electron chi connectivity index (χ2n) is 7.64. The number of likely N-dealkylation sites (tertiary alicyclic amines) is 1. The molecule has 1 aliphatic heterocycles. The number of nitrogens with two attached hydrogens (primary N) is 1. The Hall–Kier alpha value is -2.86. The molecule has 1 aromatic carbocycles. The summed E-state index contributed by atoms with van der Waals surface area (Å²) in [6, 6.07) is 7.73. The van der Waals surface area contributed by atoms with E-state index in [-0.39, 0.29) is 11.8 Å². The van der Waals surface area contributed by atoms with Gasteiger partial charge >= 0.3 is 0 Å². The molecular weight excluding hydrogens is 364 g/mol. The molecule has 6 heteroatoms. The third kappa shape index (κ3) is 4.95. The van der Waals surface area contributed by atoms with Crippen LogP contribution < -0.4 is 16.4 Å². The number of rotatable bonds is 8. The van der Waals surface area contributed by atoms with E-state index in [0.717, 1.165) is 13.0 Å². The van der Waals surface area contributed by atoms with Crippen molar-refractivity contribution in [3.05, 3.63) is 72.1 Å². The Balaban J connectivity index is 1.52. The van der Waals surface area contributed by atoms with E-state index in [1.54, 1.807) is 24.3 Å². The highest BCUT2D eigenvalue weighted by molar-refractivity contribution is 5.98. The van der Waals surface area contributed by atoms with Crippen LogP contribution in [0.2, 0.25) is 0 Å². The summed E-state index contributed by atoms with van der Waals surface area (Å²) in [6.07, 6.45) is 9.27. The van der Waals surface area contributed by atoms with Gasteiger partial charge in [0.05, 0.1) is 11.4 Å². The molecule has 29 heavy (non-hydrogen) atoms. The van der Waals surface area contributed by atoms with Crippen LogP contribution in [0.3, 0.4) is 0 Å². The molecule has 0 bridgehead atoms. The topological polar surface area (TPSA) is 87.5 Å². The summed E-state index contributed by atoms with van der Waals surface area (Å²) in [4.78, 5) is 27.4. The van der Waals surface area contributed by atoms with Crippen molar-refractivity contribution in [2.24, 2.45) is 5.73 Å². The Bertz CT molecular complexity index is 807. The lowest BCUT2D eigenvalue weighted by Crippen LogP contribution is -2.56. The monoisotopic (exact) mass is 394 g/mol. The fourth-order valence-corrected chi connectivity index (χ4v) is 4.03. The first-order chi connectivity index (χ1) is 14.0. The molecule has 154 valence electrons. The summed E-state index contributed by atoms with van der Waals surface area (Å²) in [5.41, 5.74) is 7.48. The van der Waals surface area contributed by atoms with Crippen molar-refractivity contribution in [3.63, 3.8) is 0 Å². The van der Waals surface area contributed by atoms with Gasteiger partial charge in [0, 0.05) is 36.3 Å². The molecule has 1 aromatic rings. The SMILES string of the molecule is C=C/C(N)=C(\C=C)NC(=O)c1ccc(C(=O)NCC2CCN2C2CCCC2)cc1. The van der Waals surface area contributed by atoms with Crippen molar-refractivity contribution in [1.29, 1.82) is 0 Å². The van der Waals surface area contributed by atoms with Gasteiger partial charge in [0.1, 0.15) is 0 Å². The molecule has 1 saturated carbocycles. The first-order valence-electron chi connectivity index (χ1n) is 10.2. The smallest absolute Gasteiger partial charge is 0.255 e. The summed E-state index contributed by atoms with van der Waals surface area (Å²) < 4.78 is 0. The van der Waals surface area contributed by atoms with Gasteiger partial charge in [0.25, 0.3) is 11.8 Å². The summed E-state index contributed by atoms with van der Waals surface area (Å²) in [5, 5.41) is 5.73. The molecule has 1 heterocycles. The first kappa shape index (κ1) is 20.9. The molecule has 1 saturated heterocycles. The molecule has 0 radical (unpaired) electrons. The van der Waals surface area contributed by atoms with Crippen molar-refractivity contribution >= 4 is 11.8 Å². The Morgan fingerprint density at radius 2 is 1.66 bits per heavy atom. The molecule has 2 aliphatic rings. The number of carbonyl (C=O) groups excluding carboxylic acids is 2. The lowest BCUT2D eigenvalue weighted by atomic mass is 9.98. The third-order valence-electron chi connectivity index (χ3n) is 5.87. The zero-order chi connectivity index (χ0) is 20.8. The van der Waals surface area contributed by atoms with Gasteiger partial charge in [0.15, 0.2) is 0 Å². The summed E-state index contributed by atoms with van der Waals surface area (Å²) in [7, 11) is 0. The molecule has 3 rings (SSSR count). The molecular formula is C23H30N4O2. The van der Waals surface area contributed by atoms with E-state index in [4.69, 9.17) is 5.73 Å². The van der Waals surface area contributed by atoms with Crippen molar-refractivity contribution in [3.8, 4) is 0 Å². The van der Waals surface area contributed by atoms with Crippen LogP contribution in [0, 0.1) is 0 Å². The fraction of sp³-hybridized carbons (Fsp3) is 0.391. The Kier molecular flexibility index (Phi) is 6.88. The van der Waals surface area contributed by atoms with Crippen LogP contribution in [0.15, 0.2) is 61.0 Å². The number of allylic oxidation sites excluding steroid dienone is 2. The largest absolute Gasteiger partial charge is 0.397 e. The normalized spacial score (nSPS) is 20.3. The van der Waals surface area contributed by atoms with E-state index in [9.17, 15) is 9.59 Å². The van der Waals surface area contributed by atoms with Crippen molar-refractivity contribution in [2.45, 2.75) is 44.2 Å². The number of carbonyl (C=O) groups is 2. The molecule has 1 atom stereocenters. The fourth-order valence-electron chi connectivity index (χ4n) is 4.03. The average Bonchev–Trinajstić information content (AvgIpc) is 3.24. The summed E-state index contributed by atoms with van der Waals surface area (Å²) >= 11 is 0. The van der Waals surface area contributed by atoms with E-state index in [1.807, 2.05) is 0 Å².